The highest BCUT2D eigenvalue weighted by Gasteiger charge is 2.36. The molecule has 106 valence electrons. The molecule has 1 heterocycles. The van der Waals surface area contributed by atoms with E-state index in [4.69, 9.17) is 10.5 Å². The van der Waals surface area contributed by atoms with Crippen LogP contribution < -0.4 is 15.8 Å². The summed E-state index contributed by atoms with van der Waals surface area (Å²) in [5.74, 6) is 2.70. The van der Waals surface area contributed by atoms with Crippen molar-refractivity contribution >= 4 is 11.5 Å². The Morgan fingerprint density at radius 1 is 1.47 bits per heavy atom. The van der Waals surface area contributed by atoms with E-state index in [1.807, 2.05) is 12.1 Å². The minimum absolute atomic E-state index is 0.468. The number of pyridine rings is 1. The number of hydrogen-bond acceptors (Lipinski definition) is 4. The maximum Gasteiger partial charge on any atom is 0.239 e. The van der Waals surface area contributed by atoms with Crippen LogP contribution in [0.25, 0.3) is 0 Å². The number of rotatable bonds is 7. The molecule has 2 rings (SSSR count). The van der Waals surface area contributed by atoms with Crippen LogP contribution in [0.2, 0.25) is 0 Å². The summed E-state index contributed by atoms with van der Waals surface area (Å²) in [6.45, 7) is 7.09. The lowest BCUT2D eigenvalue weighted by atomic mass is 10.2. The number of nitrogens with one attached hydrogen (secondary N) is 1. The van der Waals surface area contributed by atoms with Gasteiger partial charge in [-0.15, -0.1) is 0 Å². The van der Waals surface area contributed by atoms with Crippen LogP contribution >= 0.6 is 0 Å². The molecule has 4 heteroatoms. The summed E-state index contributed by atoms with van der Waals surface area (Å²) < 4.78 is 5.64. The van der Waals surface area contributed by atoms with Gasteiger partial charge in [-0.05, 0) is 36.8 Å². The van der Waals surface area contributed by atoms with Crippen LogP contribution in [0.5, 0.6) is 5.88 Å². The smallest absolute Gasteiger partial charge is 0.239 e. The molecule has 2 atom stereocenters. The first-order chi connectivity index (χ1) is 9.10. The van der Waals surface area contributed by atoms with Crippen LogP contribution in [0, 0.1) is 11.8 Å². The number of ether oxygens (including phenoxy) is 1. The predicted octanol–water partition coefficient (Wildman–Crippen LogP) is 3.30. The van der Waals surface area contributed by atoms with E-state index in [-0.39, 0.29) is 0 Å². The Balaban J connectivity index is 1.93. The van der Waals surface area contributed by atoms with Crippen LogP contribution in [0.4, 0.5) is 11.5 Å². The third kappa shape index (κ3) is 4.01. The van der Waals surface area contributed by atoms with Gasteiger partial charge in [0.05, 0.1) is 12.3 Å². The van der Waals surface area contributed by atoms with Gasteiger partial charge in [0.2, 0.25) is 5.88 Å². The summed E-state index contributed by atoms with van der Waals surface area (Å²) >= 11 is 0. The van der Waals surface area contributed by atoms with Crippen molar-refractivity contribution in [2.75, 3.05) is 17.7 Å². The molecule has 4 nitrogen and oxygen atoms in total. The molecule has 1 saturated carbocycles. The molecule has 0 aromatic carbocycles. The number of hydrogen-bond donors (Lipinski definition) is 2. The molecule has 1 aliphatic rings. The Bertz CT molecular complexity index is 420. The van der Waals surface area contributed by atoms with Gasteiger partial charge in [0.1, 0.15) is 5.82 Å². The zero-order valence-corrected chi connectivity index (χ0v) is 12.1. The lowest BCUT2D eigenvalue weighted by Gasteiger charge is -2.12. The summed E-state index contributed by atoms with van der Waals surface area (Å²) in [6, 6.07) is 4.37. The third-order valence-corrected chi connectivity index (χ3v) is 3.36. The fourth-order valence-electron chi connectivity index (χ4n) is 2.20. The molecule has 0 radical (unpaired) electrons. The van der Waals surface area contributed by atoms with Gasteiger partial charge in [0, 0.05) is 6.04 Å². The highest BCUT2D eigenvalue weighted by Crippen LogP contribution is 2.37. The molecule has 0 spiro atoms. The van der Waals surface area contributed by atoms with Crippen molar-refractivity contribution in [1.29, 1.82) is 0 Å². The second kappa shape index (κ2) is 6.13. The molecule has 1 aliphatic carbocycles. The molecule has 3 N–H and O–H groups in total. The van der Waals surface area contributed by atoms with Crippen molar-refractivity contribution in [3.63, 3.8) is 0 Å². The Labute approximate surface area is 115 Å². The van der Waals surface area contributed by atoms with E-state index in [1.54, 1.807) is 0 Å². The molecule has 2 unspecified atom stereocenters. The van der Waals surface area contributed by atoms with Crippen LogP contribution in [-0.4, -0.2) is 17.6 Å². The molecule has 19 heavy (non-hydrogen) atoms. The van der Waals surface area contributed by atoms with E-state index in [0.717, 1.165) is 11.7 Å². The molecule has 0 saturated heterocycles. The Kier molecular flexibility index (Phi) is 4.51. The monoisotopic (exact) mass is 263 g/mol. The predicted molar refractivity (Wildman–Crippen MR) is 79.4 cm³/mol. The van der Waals surface area contributed by atoms with Gasteiger partial charge in [-0.25, -0.2) is 0 Å². The quantitative estimate of drug-likeness (QED) is 0.792. The standard InChI is InChI=1S/C15H25N3O/c1-4-5-11-8-13(11)17-14-7-6-12(16)15(18-14)19-9-10(2)3/h6-7,10-11,13H,4-5,8-9,16H2,1-3H3,(H,17,18). The van der Waals surface area contributed by atoms with Crippen molar-refractivity contribution in [3.8, 4) is 5.88 Å². The minimum atomic E-state index is 0.468. The topological polar surface area (TPSA) is 60.2 Å². The zero-order chi connectivity index (χ0) is 13.8. The Morgan fingerprint density at radius 2 is 2.26 bits per heavy atom. The van der Waals surface area contributed by atoms with Gasteiger partial charge in [-0.3, -0.25) is 0 Å². The van der Waals surface area contributed by atoms with Crippen LogP contribution in [0.1, 0.15) is 40.0 Å². The van der Waals surface area contributed by atoms with Gasteiger partial charge in [0.15, 0.2) is 0 Å². The number of nitrogens with two attached hydrogens (primary N) is 1. The summed E-state index contributed by atoms with van der Waals surface area (Å²) in [5, 5.41) is 3.46. The fourth-order valence-corrected chi connectivity index (χ4v) is 2.20. The van der Waals surface area contributed by atoms with E-state index in [1.165, 1.54) is 19.3 Å². The molecule has 0 aliphatic heterocycles. The molecular weight excluding hydrogens is 238 g/mol. The first kappa shape index (κ1) is 14.0. The van der Waals surface area contributed by atoms with Gasteiger partial charge in [-0.2, -0.15) is 4.98 Å². The van der Waals surface area contributed by atoms with E-state index in [0.29, 0.717) is 30.1 Å². The van der Waals surface area contributed by atoms with Crippen molar-refractivity contribution < 1.29 is 4.74 Å². The third-order valence-electron chi connectivity index (χ3n) is 3.36. The maximum atomic E-state index is 5.88. The van der Waals surface area contributed by atoms with E-state index >= 15 is 0 Å². The fraction of sp³-hybridized carbons (Fsp3) is 0.667. The van der Waals surface area contributed by atoms with E-state index in [9.17, 15) is 0 Å². The molecule has 0 bridgehead atoms. The highest BCUT2D eigenvalue weighted by molar-refractivity contribution is 5.54. The Morgan fingerprint density at radius 3 is 2.95 bits per heavy atom. The molecule has 1 aromatic heterocycles. The Hall–Kier alpha value is -1.45. The maximum absolute atomic E-state index is 5.88. The van der Waals surface area contributed by atoms with Crippen molar-refractivity contribution in [2.24, 2.45) is 11.8 Å². The highest BCUT2D eigenvalue weighted by atomic mass is 16.5. The first-order valence-corrected chi connectivity index (χ1v) is 7.26. The van der Waals surface area contributed by atoms with E-state index in [2.05, 4.69) is 31.1 Å². The SMILES string of the molecule is CCCC1CC1Nc1ccc(N)c(OCC(C)C)n1. The number of nitrogen functional groups attached to an aromatic ring is 1. The van der Waals surface area contributed by atoms with Crippen LogP contribution in [0.15, 0.2) is 12.1 Å². The van der Waals surface area contributed by atoms with Gasteiger partial charge >= 0.3 is 0 Å². The summed E-state index contributed by atoms with van der Waals surface area (Å²) in [7, 11) is 0. The van der Waals surface area contributed by atoms with Gasteiger partial charge in [0.25, 0.3) is 0 Å². The lowest BCUT2D eigenvalue weighted by Crippen LogP contribution is -2.10. The summed E-state index contributed by atoms with van der Waals surface area (Å²) in [5.41, 5.74) is 6.49. The molecule has 1 aromatic rings. The van der Waals surface area contributed by atoms with Crippen LogP contribution in [-0.2, 0) is 0 Å². The molecular formula is C15H25N3O. The van der Waals surface area contributed by atoms with Gasteiger partial charge in [-0.1, -0.05) is 27.2 Å². The largest absolute Gasteiger partial charge is 0.476 e. The average molecular weight is 263 g/mol. The first-order valence-electron chi connectivity index (χ1n) is 7.26. The molecule has 0 amide bonds. The van der Waals surface area contributed by atoms with Gasteiger partial charge < -0.3 is 15.8 Å². The van der Waals surface area contributed by atoms with Crippen LogP contribution in [0.3, 0.4) is 0 Å². The van der Waals surface area contributed by atoms with Crippen molar-refractivity contribution in [2.45, 2.75) is 46.1 Å². The second-order valence-corrected chi connectivity index (χ2v) is 5.83. The zero-order valence-electron chi connectivity index (χ0n) is 12.1. The molecule has 1 fully saturated rings. The average Bonchev–Trinajstić information content (AvgIpc) is 3.08. The summed E-state index contributed by atoms with van der Waals surface area (Å²) in [4.78, 5) is 4.46. The minimum Gasteiger partial charge on any atom is -0.476 e. The number of nitrogens with zero attached hydrogens (tertiary/aromatic N) is 1. The van der Waals surface area contributed by atoms with Crippen molar-refractivity contribution in [3.05, 3.63) is 12.1 Å². The normalized spacial score (nSPS) is 21.5. The van der Waals surface area contributed by atoms with E-state index < -0.39 is 0 Å². The number of aromatic nitrogens is 1. The number of anilines is 2. The second-order valence-electron chi connectivity index (χ2n) is 5.83. The lowest BCUT2D eigenvalue weighted by molar-refractivity contribution is 0.263. The van der Waals surface area contributed by atoms with Crippen molar-refractivity contribution in [1.82, 2.24) is 4.98 Å². The summed E-state index contributed by atoms with van der Waals surface area (Å²) in [6.07, 6.45) is 3.80.